The molecule has 0 aliphatic carbocycles. The molecule has 0 aromatic rings. The van der Waals surface area contributed by atoms with E-state index in [4.69, 9.17) is 5.11 Å². The zero-order valence-electron chi connectivity index (χ0n) is 10.0. The molecule has 0 fully saturated rings. The number of carboxylic acid groups (broad SMARTS) is 1. The van der Waals surface area contributed by atoms with Gasteiger partial charge in [-0.05, 0) is 51.8 Å². The van der Waals surface area contributed by atoms with Crippen LogP contribution in [0.15, 0.2) is 0 Å². The van der Waals surface area contributed by atoms with Crippen molar-refractivity contribution in [3.8, 4) is 0 Å². The lowest BCUT2D eigenvalue weighted by Crippen LogP contribution is -2.33. The molecule has 0 bridgehead atoms. The Labute approximate surface area is 97.2 Å². The van der Waals surface area contributed by atoms with Gasteiger partial charge >= 0.3 is 5.97 Å². The van der Waals surface area contributed by atoms with Crippen molar-refractivity contribution in [2.24, 2.45) is 0 Å². The van der Waals surface area contributed by atoms with Crippen LogP contribution in [0.5, 0.6) is 0 Å². The first-order valence-corrected chi connectivity index (χ1v) is 6.92. The molecule has 0 radical (unpaired) electrons. The van der Waals surface area contributed by atoms with E-state index in [9.17, 15) is 4.79 Å². The molecule has 0 atom stereocenters. The summed E-state index contributed by atoms with van der Waals surface area (Å²) >= 11 is 1.86. The monoisotopic (exact) mass is 233 g/mol. The first-order chi connectivity index (χ1) is 7.07. The highest BCUT2D eigenvalue weighted by molar-refractivity contribution is 7.98. The highest BCUT2D eigenvalue weighted by Crippen LogP contribution is 2.05. The minimum Gasteiger partial charge on any atom is -0.481 e. The minimum atomic E-state index is -0.692. The van der Waals surface area contributed by atoms with Gasteiger partial charge in [0.2, 0.25) is 0 Å². The van der Waals surface area contributed by atoms with Gasteiger partial charge in [-0.3, -0.25) is 4.79 Å². The molecule has 0 rings (SSSR count). The maximum atomic E-state index is 10.4. The summed E-state index contributed by atoms with van der Waals surface area (Å²) in [6, 6.07) is 0.514. The Bertz CT molecular complexity index is 174. The number of nitrogens with zero attached hydrogens (tertiary/aromatic N) is 1. The number of aliphatic carboxylic acids is 1. The summed E-state index contributed by atoms with van der Waals surface area (Å²) in [5, 5.41) is 8.56. The Hall–Kier alpha value is -0.220. The summed E-state index contributed by atoms with van der Waals surface area (Å²) in [5.41, 5.74) is 0. The molecular formula is C11H23NO2S. The van der Waals surface area contributed by atoms with Crippen LogP contribution in [0.1, 0.15) is 33.1 Å². The fourth-order valence-electron chi connectivity index (χ4n) is 1.47. The van der Waals surface area contributed by atoms with Crippen molar-refractivity contribution in [3.05, 3.63) is 0 Å². The Morgan fingerprint density at radius 3 is 2.40 bits per heavy atom. The predicted octanol–water partition coefficient (Wildman–Crippen LogP) is 2.31. The van der Waals surface area contributed by atoms with Crippen molar-refractivity contribution in [1.82, 2.24) is 4.90 Å². The van der Waals surface area contributed by atoms with E-state index in [1.54, 1.807) is 0 Å². The van der Waals surface area contributed by atoms with Gasteiger partial charge in [0.05, 0.1) is 0 Å². The number of hydrogen-bond acceptors (Lipinski definition) is 3. The lowest BCUT2D eigenvalue weighted by Gasteiger charge is -2.26. The second-order valence-corrected chi connectivity index (χ2v) is 4.96. The fraction of sp³-hybridized carbons (Fsp3) is 0.909. The van der Waals surface area contributed by atoms with Crippen molar-refractivity contribution in [3.63, 3.8) is 0 Å². The van der Waals surface area contributed by atoms with Crippen molar-refractivity contribution < 1.29 is 9.90 Å². The quantitative estimate of drug-likeness (QED) is 0.620. The number of carboxylic acids is 1. The van der Waals surface area contributed by atoms with E-state index in [2.05, 4.69) is 25.0 Å². The maximum Gasteiger partial charge on any atom is 0.303 e. The third kappa shape index (κ3) is 8.75. The molecule has 15 heavy (non-hydrogen) atoms. The smallest absolute Gasteiger partial charge is 0.303 e. The van der Waals surface area contributed by atoms with Gasteiger partial charge in [0, 0.05) is 12.5 Å². The molecule has 0 heterocycles. The maximum absolute atomic E-state index is 10.4. The Morgan fingerprint density at radius 2 is 1.93 bits per heavy atom. The van der Waals surface area contributed by atoms with Gasteiger partial charge < -0.3 is 10.0 Å². The Kier molecular flexibility index (Phi) is 8.91. The summed E-state index contributed by atoms with van der Waals surface area (Å²) < 4.78 is 0. The first-order valence-electron chi connectivity index (χ1n) is 5.52. The molecule has 0 saturated heterocycles. The van der Waals surface area contributed by atoms with Crippen LogP contribution in [-0.2, 0) is 4.79 Å². The normalized spacial score (nSPS) is 11.3. The molecule has 0 aliphatic heterocycles. The molecule has 90 valence electrons. The van der Waals surface area contributed by atoms with Gasteiger partial charge in [0.1, 0.15) is 0 Å². The van der Waals surface area contributed by atoms with Gasteiger partial charge in [0.25, 0.3) is 0 Å². The first kappa shape index (κ1) is 14.8. The van der Waals surface area contributed by atoms with Crippen LogP contribution in [0.25, 0.3) is 0 Å². The SMILES string of the molecule is CSCCCN(CCCC(=O)O)C(C)C. The number of rotatable bonds is 9. The molecule has 3 nitrogen and oxygen atoms in total. The van der Waals surface area contributed by atoms with Crippen LogP contribution < -0.4 is 0 Å². The van der Waals surface area contributed by atoms with Crippen molar-refractivity contribution in [1.29, 1.82) is 0 Å². The van der Waals surface area contributed by atoms with Gasteiger partial charge in [-0.25, -0.2) is 0 Å². The van der Waals surface area contributed by atoms with Crippen molar-refractivity contribution in [2.75, 3.05) is 25.1 Å². The summed E-state index contributed by atoms with van der Waals surface area (Å²) in [4.78, 5) is 12.7. The molecule has 0 unspecified atom stereocenters. The molecule has 1 N–H and O–H groups in total. The molecule has 4 heteroatoms. The zero-order valence-corrected chi connectivity index (χ0v) is 10.8. The Balaban J connectivity index is 3.68. The van der Waals surface area contributed by atoms with Crippen LogP contribution >= 0.6 is 11.8 Å². The molecule has 0 amide bonds. The lowest BCUT2D eigenvalue weighted by atomic mass is 10.2. The molecular weight excluding hydrogens is 210 g/mol. The summed E-state index contributed by atoms with van der Waals surface area (Å²) in [7, 11) is 0. The van der Waals surface area contributed by atoms with Gasteiger partial charge in [0.15, 0.2) is 0 Å². The zero-order chi connectivity index (χ0) is 11.7. The average molecular weight is 233 g/mol. The van der Waals surface area contributed by atoms with Gasteiger partial charge in [-0.1, -0.05) is 0 Å². The van der Waals surface area contributed by atoms with E-state index in [1.807, 2.05) is 11.8 Å². The van der Waals surface area contributed by atoms with Crippen LogP contribution in [0, 0.1) is 0 Å². The van der Waals surface area contributed by atoms with Crippen LogP contribution in [-0.4, -0.2) is 47.1 Å². The summed E-state index contributed by atoms with van der Waals surface area (Å²) in [5.74, 6) is 0.491. The van der Waals surface area contributed by atoms with E-state index >= 15 is 0 Å². The summed E-state index contributed by atoms with van der Waals surface area (Å²) in [6.45, 7) is 6.32. The topological polar surface area (TPSA) is 40.5 Å². The molecule has 0 saturated carbocycles. The van der Waals surface area contributed by atoms with Crippen LogP contribution in [0.3, 0.4) is 0 Å². The minimum absolute atomic E-state index is 0.283. The van der Waals surface area contributed by atoms with Crippen molar-refractivity contribution >= 4 is 17.7 Å². The van der Waals surface area contributed by atoms with E-state index in [-0.39, 0.29) is 6.42 Å². The largest absolute Gasteiger partial charge is 0.481 e. The van der Waals surface area contributed by atoms with Gasteiger partial charge in [-0.15, -0.1) is 0 Å². The molecule has 0 aromatic carbocycles. The van der Waals surface area contributed by atoms with Crippen LogP contribution in [0.4, 0.5) is 0 Å². The average Bonchev–Trinajstić information content (AvgIpc) is 2.15. The van der Waals surface area contributed by atoms with E-state index < -0.39 is 5.97 Å². The predicted molar refractivity (Wildman–Crippen MR) is 66.6 cm³/mol. The summed E-state index contributed by atoms with van der Waals surface area (Å²) in [6.07, 6.45) is 4.34. The number of carbonyl (C=O) groups is 1. The second-order valence-electron chi connectivity index (χ2n) is 3.97. The number of thioether (sulfide) groups is 1. The number of hydrogen-bond donors (Lipinski definition) is 1. The highest BCUT2D eigenvalue weighted by atomic mass is 32.2. The van der Waals surface area contributed by atoms with E-state index in [0.29, 0.717) is 6.04 Å². The molecule has 0 spiro atoms. The van der Waals surface area contributed by atoms with Gasteiger partial charge in [-0.2, -0.15) is 11.8 Å². The highest BCUT2D eigenvalue weighted by Gasteiger charge is 2.09. The standard InChI is InChI=1S/C11H23NO2S/c1-10(2)12(8-5-9-15-3)7-4-6-11(13)14/h10H,4-9H2,1-3H3,(H,13,14). The molecule has 0 aliphatic rings. The molecule has 0 aromatic heterocycles. The Morgan fingerprint density at radius 1 is 1.33 bits per heavy atom. The lowest BCUT2D eigenvalue weighted by molar-refractivity contribution is -0.137. The second kappa shape index (κ2) is 9.04. The third-order valence-corrected chi connectivity index (χ3v) is 3.06. The third-order valence-electron chi connectivity index (χ3n) is 2.36. The van der Waals surface area contributed by atoms with Crippen LogP contribution in [0.2, 0.25) is 0 Å². The van der Waals surface area contributed by atoms with E-state index in [0.717, 1.165) is 19.5 Å². The fourth-order valence-corrected chi connectivity index (χ4v) is 1.89. The van der Waals surface area contributed by atoms with E-state index in [1.165, 1.54) is 12.2 Å². The van der Waals surface area contributed by atoms with Crippen molar-refractivity contribution in [2.45, 2.75) is 39.2 Å².